The second-order valence-corrected chi connectivity index (χ2v) is 8.99. The third kappa shape index (κ3) is 4.66. The van der Waals surface area contributed by atoms with E-state index in [1.165, 1.54) is 0 Å². The molecule has 2 amide bonds. The first-order valence-corrected chi connectivity index (χ1v) is 10.0. The Bertz CT molecular complexity index is 864. The van der Waals surface area contributed by atoms with E-state index in [1.54, 1.807) is 0 Å². The molecule has 0 bridgehead atoms. The molecule has 1 N–H and O–H groups in total. The lowest BCUT2D eigenvalue weighted by Gasteiger charge is -2.22. The Morgan fingerprint density at radius 1 is 1.25 bits per heavy atom. The summed E-state index contributed by atoms with van der Waals surface area (Å²) in [5, 5.41) is 3.86. The minimum absolute atomic E-state index is 0.0206. The van der Waals surface area contributed by atoms with Crippen molar-refractivity contribution in [1.29, 1.82) is 0 Å². The highest BCUT2D eigenvalue weighted by atomic mass is 16.6. The molecule has 3 rings (SSSR count). The zero-order chi connectivity index (χ0) is 20.5. The Morgan fingerprint density at radius 3 is 2.64 bits per heavy atom. The van der Waals surface area contributed by atoms with Crippen LogP contribution >= 0.6 is 0 Å². The van der Waals surface area contributed by atoms with Gasteiger partial charge in [-0.1, -0.05) is 32.0 Å². The zero-order valence-electron chi connectivity index (χ0n) is 17.5. The molecule has 1 atom stereocenters. The summed E-state index contributed by atoms with van der Waals surface area (Å²) in [6.45, 7) is 11.9. The van der Waals surface area contributed by atoms with Gasteiger partial charge in [-0.05, 0) is 39.2 Å². The summed E-state index contributed by atoms with van der Waals surface area (Å²) in [6, 6.07) is 7.96. The number of hydrogen-bond donors (Lipinski definition) is 1. The Balaban J connectivity index is 1.72. The van der Waals surface area contributed by atoms with Crippen molar-refractivity contribution in [2.75, 3.05) is 13.1 Å². The minimum Gasteiger partial charge on any atom is -0.444 e. The average Bonchev–Trinajstić information content (AvgIpc) is 3.17. The zero-order valence-corrected chi connectivity index (χ0v) is 17.5. The summed E-state index contributed by atoms with van der Waals surface area (Å²) in [6.07, 6.45) is 2.28. The van der Waals surface area contributed by atoms with Crippen LogP contribution in [0.5, 0.6) is 0 Å². The number of rotatable bonds is 4. The van der Waals surface area contributed by atoms with Gasteiger partial charge in [0.05, 0.1) is 11.6 Å². The van der Waals surface area contributed by atoms with Crippen molar-refractivity contribution in [2.45, 2.75) is 59.2 Å². The van der Waals surface area contributed by atoms with Crippen molar-refractivity contribution in [2.24, 2.45) is 5.92 Å². The van der Waals surface area contributed by atoms with E-state index in [4.69, 9.17) is 4.74 Å². The van der Waals surface area contributed by atoms with Crippen molar-refractivity contribution in [1.82, 2.24) is 14.8 Å². The van der Waals surface area contributed by atoms with Crippen molar-refractivity contribution in [3.05, 3.63) is 36.0 Å². The molecule has 1 aliphatic heterocycles. The fraction of sp³-hybridized carbons (Fsp3) is 0.545. The molecule has 2 aromatic rings. The summed E-state index contributed by atoms with van der Waals surface area (Å²) < 4.78 is 7.49. The number of nitrogens with one attached hydrogen (secondary N) is 1. The van der Waals surface area contributed by atoms with Gasteiger partial charge in [-0.15, -0.1) is 0 Å². The number of carbonyl (C=O) groups is 2. The summed E-state index contributed by atoms with van der Waals surface area (Å²) in [7, 11) is 0. The molecule has 1 aromatic carbocycles. The first kappa shape index (κ1) is 20.2. The lowest BCUT2D eigenvalue weighted by molar-refractivity contribution is 0.0502. The molecule has 0 spiro atoms. The molecule has 6 nitrogen and oxygen atoms in total. The van der Waals surface area contributed by atoms with E-state index < -0.39 is 11.7 Å². The third-order valence-electron chi connectivity index (χ3n) is 4.78. The van der Waals surface area contributed by atoms with E-state index >= 15 is 0 Å². The number of likely N-dealkylation sites (tertiary alicyclic amines) is 1. The Morgan fingerprint density at radius 2 is 1.96 bits per heavy atom. The third-order valence-corrected chi connectivity index (χ3v) is 4.78. The van der Waals surface area contributed by atoms with Crippen LogP contribution in [0.1, 0.15) is 51.4 Å². The number of para-hydroxylation sites is 1. The molecule has 1 aromatic heterocycles. The topological polar surface area (TPSA) is 63.6 Å². The normalized spacial score (nSPS) is 17.4. The average molecular weight is 386 g/mol. The summed E-state index contributed by atoms with van der Waals surface area (Å²) in [5.74, 6) is 0.514. The van der Waals surface area contributed by atoms with Crippen molar-refractivity contribution in [3.63, 3.8) is 0 Å². The Labute approximate surface area is 166 Å². The lowest BCUT2D eigenvalue weighted by atomic mass is 10.1. The van der Waals surface area contributed by atoms with E-state index in [0.717, 1.165) is 29.4 Å². The number of benzene rings is 1. The second kappa shape index (κ2) is 7.86. The van der Waals surface area contributed by atoms with Crippen molar-refractivity contribution < 1.29 is 14.3 Å². The molecule has 1 aliphatic rings. The van der Waals surface area contributed by atoms with E-state index in [2.05, 4.69) is 29.8 Å². The van der Waals surface area contributed by atoms with Gasteiger partial charge in [-0.2, -0.15) is 0 Å². The van der Waals surface area contributed by atoms with Gasteiger partial charge in [0, 0.05) is 36.7 Å². The van der Waals surface area contributed by atoms with Crippen LogP contribution in [0.15, 0.2) is 30.5 Å². The molecular weight excluding hydrogens is 354 g/mol. The van der Waals surface area contributed by atoms with Crippen LogP contribution in [-0.2, 0) is 11.3 Å². The van der Waals surface area contributed by atoms with Crippen LogP contribution in [0.2, 0.25) is 0 Å². The molecule has 152 valence electrons. The van der Waals surface area contributed by atoms with Gasteiger partial charge in [0.1, 0.15) is 5.60 Å². The fourth-order valence-electron chi connectivity index (χ4n) is 3.67. The Kier molecular flexibility index (Phi) is 5.68. The number of nitrogens with zero attached hydrogens (tertiary/aromatic N) is 2. The maximum Gasteiger partial charge on any atom is 0.407 e. The fourth-order valence-corrected chi connectivity index (χ4v) is 3.67. The first-order valence-electron chi connectivity index (χ1n) is 10.0. The number of fused-ring (bicyclic) bond motifs is 1. The monoisotopic (exact) mass is 385 g/mol. The van der Waals surface area contributed by atoms with Gasteiger partial charge in [-0.25, -0.2) is 4.79 Å². The maximum absolute atomic E-state index is 13.2. The largest absolute Gasteiger partial charge is 0.444 e. The predicted octanol–water partition coefficient (Wildman–Crippen LogP) is 4.04. The van der Waals surface area contributed by atoms with Crippen LogP contribution in [-0.4, -0.2) is 46.2 Å². The number of carbonyl (C=O) groups excluding carboxylic acids is 2. The highest BCUT2D eigenvalue weighted by Gasteiger charge is 2.30. The highest BCUT2D eigenvalue weighted by Crippen LogP contribution is 2.25. The SMILES string of the molecule is CC(C)Cn1cc(C(=O)N2CCC(NC(=O)OC(C)(C)C)C2)c2ccccc21. The standard InChI is InChI=1S/C22H31N3O3/c1-15(2)12-25-14-18(17-8-6-7-9-19(17)25)20(26)24-11-10-16(13-24)23-21(27)28-22(3,4)5/h6-9,14-16H,10-13H2,1-5H3,(H,23,27). The molecule has 0 radical (unpaired) electrons. The smallest absolute Gasteiger partial charge is 0.407 e. The van der Waals surface area contributed by atoms with Gasteiger partial charge in [0.25, 0.3) is 5.91 Å². The number of hydrogen-bond acceptors (Lipinski definition) is 3. The van der Waals surface area contributed by atoms with Crippen LogP contribution in [0.4, 0.5) is 4.79 Å². The molecule has 1 unspecified atom stereocenters. The molecule has 0 saturated carbocycles. The molecule has 2 heterocycles. The van der Waals surface area contributed by atoms with Crippen LogP contribution in [0.3, 0.4) is 0 Å². The van der Waals surface area contributed by atoms with E-state index in [-0.39, 0.29) is 11.9 Å². The summed E-state index contributed by atoms with van der Waals surface area (Å²) >= 11 is 0. The minimum atomic E-state index is -0.531. The van der Waals surface area contributed by atoms with Gasteiger partial charge in [0.2, 0.25) is 0 Å². The maximum atomic E-state index is 13.2. The highest BCUT2D eigenvalue weighted by molar-refractivity contribution is 6.07. The molecule has 6 heteroatoms. The molecule has 0 aliphatic carbocycles. The van der Waals surface area contributed by atoms with Gasteiger partial charge in [-0.3, -0.25) is 4.79 Å². The molecular formula is C22H31N3O3. The lowest BCUT2D eigenvalue weighted by Crippen LogP contribution is -2.41. The molecule has 28 heavy (non-hydrogen) atoms. The number of amides is 2. The summed E-state index contributed by atoms with van der Waals surface area (Å²) in [5.41, 5.74) is 1.28. The van der Waals surface area contributed by atoms with E-state index in [1.807, 2.05) is 50.1 Å². The number of aromatic nitrogens is 1. The second-order valence-electron chi connectivity index (χ2n) is 8.99. The number of alkyl carbamates (subject to hydrolysis) is 1. The molecule has 1 fully saturated rings. The van der Waals surface area contributed by atoms with Crippen molar-refractivity contribution in [3.8, 4) is 0 Å². The van der Waals surface area contributed by atoms with Gasteiger partial charge in [0.15, 0.2) is 0 Å². The van der Waals surface area contributed by atoms with Crippen LogP contribution < -0.4 is 5.32 Å². The van der Waals surface area contributed by atoms with E-state index in [9.17, 15) is 9.59 Å². The van der Waals surface area contributed by atoms with Crippen LogP contribution in [0.25, 0.3) is 10.9 Å². The first-order chi connectivity index (χ1) is 13.1. The van der Waals surface area contributed by atoms with E-state index in [0.29, 0.717) is 19.0 Å². The Hall–Kier alpha value is -2.50. The van der Waals surface area contributed by atoms with Gasteiger partial charge >= 0.3 is 6.09 Å². The van der Waals surface area contributed by atoms with Crippen molar-refractivity contribution >= 4 is 22.9 Å². The predicted molar refractivity (Wildman–Crippen MR) is 110 cm³/mol. The van der Waals surface area contributed by atoms with Crippen LogP contribution in [0, 0.1) is 5.92 Å². The van der Waals surface area contributed by atoms with Gasteiger partial charge < -0.3 is 19.5 Å². The number of ether oxygens (including phenoxy) is 1. The summed E-state index contributed by atoms with van der Waals surface area (Å²) in [4.78, 5) is 27.0. The quantitative estimate of drug-likeness (QED) is 0.864. The molecule has 1 saturated heterocycles.